The van der Waals surface area contributed by atoms with E-state index in [4.69, 9.17) is 0 Å². The summed E-state index contributed by atoms with van der Waals surface area (Å²) in [5.74, 6) is -0.555. The van der Waals surface area contributed by atoms with Gasteiger partial charge in [-0.2, -0.15) is 0 Å². The molecule has 3 aromatic heterocycles. The summed E-state index contributed by atoms with van der Waals surface area (Å²) in [5, 5.41) is 7.35. The molecule has 27 heavy (non-hydrogen) atoms. The number of aromatic nitrogens is 3. The number of benzene rings is 1. The molecule has 0 atom stereocenters. The molecule has 0 spiro atoms. The summed E-state index contributed by atoms with van der Waals surface area (Å²) in [6.45, 7) is 0.236. The average Bonchev–Trinajstić information content (AvgIpc) is 3.31. The zero-order chi connectivity index (χ0) is 18.8. The Morgan fingerprint density at radius 1 is 1.19 bits per heavy atom. The highest BCUT2D eigenvalue weighted by atomic mass is 32.1. The molecule has 0 radical (unpaired) electrons. The van der Waals surface area contributed by atoms with Crippen molar-refractivity contribution >= 4 is 43.9 Å². The second-order valence-electron chi connectivity index (χ2n) is 5.73. The van der Waals surface area contributed by atoms with Crippen molar-refractivity contribution in [3.05, 3.63) is 63.6 Å². The molecule has 1 N–H and O–H groups in total. The van der Waals surface area contributed by atoms with Crippen molar-refractivity contribution in [2.24, 2.45) is 0 Å². The molecule has 1 amide bonds. The zero-order valence-electron chi connectivity index (χ0n) is 13.9. The van der Waals surface area contributed by atoms with E-state index >= 15 is 0 Å². The summed E-state index contributed by atoms with van der Waals surface area (Å²) < 4.78 is 14.4. The van der Waals surface area contributed by atoms with Gasteiger partial charge in [0, 0.05) is 23.9 Å². The topological polar surface area (TPSA) is 76.9 Å². The minimum Gasteiger partial charge on any atom is -0.302 e. The molecule has 3 heterocycles. The van der Waals surface area contributed by atoms with Gasteiger partial charge in [-0.05, 0) is 35.7 Å². The van der Waals surface area contributed by atoms with Gasteiger partial charge in [0.05, 0.1) is 17.4 Å². The molecule has 0 bridgehead atoms. The van der Waals surface area contributed by atoms with Crippen LogP contribution in [0, 0.1) is 5.82 Å². The molecule has 0 saturated carbocycles. The Balaban J connectivity index is 1.40. The van der Waals surface area contributed by atoms with Gasteiger partial charge in [-0.15, -0.1) is 22.7 Å². The number of nitrogens with one attached hydrogen (secondary N) is 1. The van der Waals surface area contributed by atoms with Crippen molar-refractivity contribution in [1.82, 2.24) is 14.5 Å². The van der Waals surface area contributed by atoms with Gasteiger partial charge in [0.15, 0.2) is 5.13 Å². The Morgan fingerprint density at radius 3 is 2.81 bits per heavy atom. The van der Waals surface area contributed by atoms with Crippen molar-refractivity contribution in [3.8, 4) is 11.3 Å². The molecule has 0 aliphatic carbocycles. The van der Waals surface area contributed by atoms with E-state index in [-0.39, 0.29) is 30.2 Å². The first kappa shape index (κ1) is 17.5. The van der Waals surface area contributed by atoms with Gasteiger partial charge < -0.3 is 5.32 Å². The first-order valence-electron chi connectivity index (χ1n) is 8.04. The minimum absolute atomic E-state index is 0.128. The van der Waals surface area contributed by atoms with Crippen LogP contribution in [0.2, 0.25) is 0 Å². The van der Waals surface area contributed by atoms with Crippen LogP contribution in [0.25, 0.3) is 21.5 Å². The van der Waals surface area contributed by atoms with Gasteiger partial charge in [-0.3, -0.25) is 14.2 Å². The molecular weight excluding hydrogens is 387 g/mol. The Labute approximate surface area is 161 Å². The van der Waals surface area contributed by atoms with E-state index in [2.05, 4.69) is 15.3 Å². The fourth-order valence-electron chi connectivity index (χ4n) is 2.54. The van der Waals surface area contributed by atoms with Crippen LogP contribution in [0.1, 0.15) is 6.42 Å². The van der Waals surface area contributed by atoms with Crippen molar-refractivity contribution in [2.45, 2.75) is 13.0 Å². The molecule has 136 valence electrons. The minimum atomic E-state index is -0.312. The summed E-state index contributed by atoms with van der Waals surface area (Å²) in [4.78, 5) is 33.7. The first-order valence-corrected chi connectivity index (χ1v) is 9.80. The van der Waals surface area contributed by atoms with E-state index < -0.39 is 0 Å². The van der Waals surface area contributed by atoms with Crippen LogP contribution in [-0.4, -0.2) is 20.4 Å². The van der Waals surface area contributed by atoms with E-state index in [1.54, 1.807) is 23.6 Å². The monoisotopic (exact) mass is 400 g/mol. The third-order valence-electron chi connectivity index (χ3n) is 3.92. The fraction of sp³-hybridized carbons (Fsp3) is 0.111. The lowest BCUT2D eigenvalue weighted by molar-refractivity contribution is -0.116. The van der Waals surface area contributed by atoms with E-state index in [0.717, 1.165) is 5.56 Å². The number of hydrogen-bond acceptors (Lipinski definition) is 6. The maximum Gasteiger partial charge on any atom is 0.262 e. The molecule has 9 heteroatoms. The number of thiophene rings is 1. The number of halogens is 1. The highest BCUT2D eigenvalue weighted by Crippen LogP contribution is 2.25. The quantitative estimate of drug-likeness (QED) is 0.554. The third-order valence-corrected chi connectivity index (χ3v) is 5.50. The van der Waals surface area contributed by atoms with Crippen LogP contribution in [-0.2, 0) is 11.3 Å². The lowest BCUT2D eigenvalue weighted by atomic mass is 10.2. The number of nitrogens with zero attached hydrogens (tertiary/aromatic N) is 3. The Hall–Kier alpha value is -2.91. The number of anilines is 1. The van der Waals surface area contributed by atoms with Crippen LogP contribution in [0.5, 0.6) is 0 Å². The second-order valence-corrected chi connectivity index (χ2v) is 7.48. The van der Waals surface area contributed by atoms with Crippen LogP contribution < -0.4 is 10.9 Å². The third kappa shape index (κ3) is 3.79. The molecule has 0 aliphatic heterocycles. The van der Waals surface area contributed by atoms with Crippen molar-refractivity contribution in [2.75, 3.05) is 5.32 Å². The van der Waals surface area contributed by atoms with Crippen LogP contribution in [0.4, 0.5) is 9.52 Å². The van der Waals surface area contributed by atoms with Gasteiger partial charge in [-0.25, -0.2) is 14.4 Å². The molecule has 6 nitrogen and oxygen atoms in total. The molecular formula is C18H13FN4O2S2. The summed E-state index contributed by atoms with van der Waals surface area (Å²) in [6.07, 6.45) is 1.59. The maximum absolute atomic E-state index is 13.0. The highest BCUT2D eigenvalue weighted by Gasteiger charge is 2.10. The SMILES string of the molecule is O=C(CCn1cnc2sccc2c1=O)Nc1nc(-c2ccc(F)cc2)cs1. The molecule has 1 aromatic carbocycles. The number of carbonyl (C=O) groups is 1. The van der Waals surface area contributed by atoms with Crippen molar-refractivity contribution in [1.29, 1.82) is 0 Å². The smallest absolute Gasteiger partial charge is 0.262 e. The van der Waals surface area contributed by atoms with E-state index in [0.29, 0.717) is 21.0 Å². The standard InChI is InChI=1S/C18H13FN4O2S2/c19-12-3-1-11(2-4-12)14-9-27-18(21-14)22-15(24)5-7-23-10-20-16-13(17(23)25)6-8-26-16/h1-4,6,8-10H,5,7H2,(H,21,22,24). The predicted molar refractivity (Wildman–Crippen MR) is 105 cm³/mol. The number of carbonyl (C=O) groups excluding carboxylic acids is 1. The Kier molecular flexibility index (Phi) is 4.78. The summed E-state index contributed by atoms with van der Waals surface area (Å²) >= 11 is 2.69. The van der Waals surface area contributed by atoms with E-state index in [9.17, 15) is 14.0 Å². The summed E-state index contributed by atoms with van der Waals surface area (Å²) in [6, 6.07) is 7.73. The maximum atomic E-state index is 13.0. The number of hydrogen-bond donors (Lipinski definition) is 1. The number of rotatable bonds is 5. The number of thiazole rings is 1. The predicted octanol–water partition coefficient (Wildman–Crippen LogP) is 3.75. The molecule has 0 unspecified atom stereocenters. The molecule has 4 rings (SSSR count). The van der Waals surface area contributed by atoms with Gasteiger partial charge in [0.25, 0.3) is 5.56 Å². The van der Waals surface area contributed by atoms with Gasteiger partial charge in [0.2, 0.25) is 5.91 Å². The summed E-state index contributed by atoms with van der Waals surface area (Å²) in [7, 11) is 0. The van der Waals surface area contributed by atoms with Gasteiger partial charge >= 0.3 is 0 Å². The zero-order valence-corrected chi connectivity index (χ0v) is 15.5. The number of aryl methyl sites for hydroxylation is 1. The number of amides is 1. The largest absolute Gasteiger partial charge is 0.302 e. The lowest BCUT2D eigenvalue weighted by Crippen LogP contribution is -2.23. The van der Waals surface area contributed by atoms with Crippen molar-refractivity contribution in [3.63, 3.8) is 0 Å². The second kappa shape index (κ2) is 7.37. The van der Waals surface area contributed by atoms with Crippen molar-refractivity contribution < 1.29 is 9.18 Å². The highest BCUT2D eigenvalue weighted by molar-refractivity contribution is 7.16. The van der Waals surface area contributed by atoms with E-state index in [1.165, 1.54) is 45.7 Å². The average molecular weight is 400 g/mol. The Bertz CT molecular complexity index is 1160. The van der Waals surface area contributed by atoms with Crippen LogP contribution >= 0.6 is 22.7 Å². The number of fused-ring (bicyclic) bond motifs is 1. The molecule has 0 saturated heterocycles. The van der Waals surface area contributed by atoms with E-state index in [1.807, 2.05) is 5.38 Å². The first-order chi connectivity index (χ1) is 13.1. The van der Waals surface area contributed by atoms with Gasteiger partial charge in [-0.1, -0.05) is 0 Å². The lowest BCUT2D eigenvalue weighted by Gasteiger charge is -2.05. The Morgan fingerprint density at radius 2 is 2.00 bits per heavy atom. The normalized spacial score (nSPS) is 11.0. The van der Waals surface area contributed by atoms with Gasteiger partial charge in [0.1, 0.15) is 10.6 Å². The van der Waals surface area contributed by atoms with Crippen LogP contribution in [0.3, 0.4) is 0 Å². The summed E-state index contributed by atoms with van der Waals surface area (Å²) in [5.41, 5.74) is 1.29. The molecule has 0 aliphatic rings. The molecule has 4 aromatic rings. The molecule has 0 fully saturated rings. The fourth-order valence-corrected chi connectivity index (χ4v) is 4.00. The van der Waals surface area contributed by atoms with Crippen LogP contribution in [0.15, 0.2) is 52.2 Å².